The Labute approximate surface area is 96.4 Å². The first-order valence-corrected chi connectivity index (χ1v) is 6.96. The SMILES string of the molecule is CCCS(=O)(=O)Nc1cc(CC)ccc1O. The Hall–Kier alpha value is -1.23. The van der Waals surface area contributed by atoms with Crippen molar-refractivity contribution in [3.05, 3.63) is 23.8 Å². The van der Waals surface area contributed by atoms with Gasteiger partial charge in [-0.05, 0) is 30.5 Å². The normalized spacial score (nSPS) is 11.4. The molecule has 4 nitrogen and oxygen atoms in total. The van der Waals surface area contributed by atoms with Crippen molar-refractivity contribution in [3.8, 4) is 5.75 Å². The van der Waals surface area contributed by atoms with E-state index >= 15 is 0 Å². The fourth-order valence-electron chi connectivity index (χ4n) is 1.37. The number of rotatable bonds is 5. The Morgan fingerprint density at radius 2 is 2.00 bits per heavy atom. The van der Waals surface area contributed by atoms with E-state index in [4.69, 9.17) is 0 Å². The van der Waals surface area contributed by atoms with Crippen molar-refractivity contribution in [3.63, 3.8) is 0 Å². The molecule has 0 bridgehead atoms. The van der Waals surface area contributed by atoms with E-state index in [0.717, 1.165) is 12.0 Å². The maximum absolute atomic E-state index is 11.5. The van der Waals surface area contributed by atoms with E-state index in [1.54, 1.807) is 19.1 Å². The summed E-state index contributed by atoms with van der Waals surface area (Å²) in [5, 5.41) is 9.54. The van der Waals surface area contributed by atoms with Gasteiger partial charge in [0.2, 0.25) is 10.0 Å². The van der Waals surface area contributed by atoms with E-state index in [-0.39, 0.29) is 17.2 Å². The van der Waals surface area contributed by atoms with E-state index < -0.39 is 10.0 Å². The Balaban J connectivity index is 2.96. The molecule has 0 radical (unpaired) electrons. The minimum atomic E-state index is -3.34. The lowest BCUT2D eigenvalue weighted by Gasteiger charge is -2.10. The molecule has 0 aliphatic carbocycles. The van der Waals surface area contributed by atoms with Gasteiger partial charge in [-0.15, -0.1) is 0 Å². The maximum atomic E-state index is 11.5. The molecule has 16 heavy (non-hydrogen) atoms. The Morgan fingerprint density at radius 3 is 2.56 bits per heavy atom. The molecular formula is C11H17NO3S. The summed E-state index contributed by atoms with van der Waals surface area (Å²) in [6.45, 7) is 3.76. The maximum Gasteiger partial charge on any atom is 0.232 e. The van der Waals surface area contributed by atoms with Crippen LogP contribution in [0.2, 0.25) is 0 Å². The Morgan fingerprint density at radius 1 is 1.31 bits per heavy atom. The number of nitrogens with one attached hydrogen (secondary N) is 1. The summed E-state index contributed by atoms with van der Waals surface area (Å²) >= 11 is 0. The largest absolute Gasteiger partial charge is 0.506 e. The van der Waals surface area contributed by atoms with Crippen LogP contribution in [0.5, 0.6) is 5.75 Å². The number of aryl methyl sites for hydroxylation is 1. The molecule has 0 unspecified atom stereocenters. The number of sulfonamides is 1. The monoisotopic (exact) mass is 243 g/mol. The predicted molar refractivity (Wildman–Crippen MR) is 65.2 cm³/mol. The molecular weight excluding hydrogens is 226 g/mol. The molecule has 0 saturated carbocycles. The topological polar surface area (TPSA) is 66.4 Å². The van der Waals surface area contributed by atoms with Crippen LogP contribution in [0, 0.1) is 0 Å². The van der Waals surface area contributed by atoms with Crippen LogP contribution in [0.15, 0.2) is 18.2 Å². The van der Waals surface area contributed by atoms with Gasteiger partial charge in [0.05, 0.1) is 11.4 Å². The molecule has 0 atom stereocenters. The first kappa shape index (κ1) is 12.8. The lowest BCUT2D eigenvalue weighted by Crippen LogP contribution is -2.16. The molecule has 2 N–H and O–H groups in total. The highest BCUT2D eigenvalue weighted by molar-refractivity contribution is 7.92. The Bertz CT molecular complexity index is 454. The van der Waals surface area contributed by atoms with Gasteiger partial charge in [0, 0.05) is 0 Å². The highest BCUT2D eigenvalue weighted by Gasteiger charge is 2.11. The summed E-state index contributed by atoms with van der Waals surface area (Å²) < 4.78 is 25.4. The second kappa shape index (κ2) is 5.21. The number of benzene rings is 1. The van der Waals surface area contributed by atoms with Crippen LogP contribution in [-0.2, 0) is 16.4 Å². The average Bonchev–Trinajstić information content (AvgIpc) is 2.21. The smallest absolute Gasteiger partial charge is 0.232 e. The van der Waals surface area contributed by atoms with E-state index in [1.165, 1.54) is 6.07 Å². The standard InChI is InChI=1S/C11H17NO3S/c1-3-7-16(14,15)12-10-8-9(4-2)5-6-11(10)13/h5-6,8,12-13H,3-4,7H2,1-2H3. The van der Waals surface area contributed by atoms with Crippen molar-refractivity contribution in [1.29, 1.82) is 0 Å². The fourth-order valence-corrected chi connectivity index (χ4v) is 2.51. The number of aromatic hydroxyl groups is 1. The molecule has 90 valence electrons. The number of anilines is 1. The lowest BCUT2D eigenvalue weighted by molar-refractivity contribution is 0.477. The summed E-state index contributed by atoms with van der Waals surface area (Å²) in [7, 11) is -3.34. The zero-order valence-corrected chi connectivity index (χ0v) is 10.3. The van der Waals surface area contributed by atoms with Gasteiger partial charge in [-0.2, -0.15) is 0 Å². The number of phenols is 1. The molecule has 0 amide bonds. The average molecular weight is 243 g/mol. The molecule has 0 saturated heterocycles. The number of phenolic OH excluding ortho intramolecular Hbond substituents is 1. The quantitative estimate of drug-likeness (QED) is 0.778. The third kappa shape index (κ3) is 3.41. The molecule has 0 heterocycles. The van der Waals surface area contributed by atoms with Gasteiger partial charge in [-0.3, -0.25) is 4.72 Å². The third-order valence-corrected chi connectivity index (χ3v) is 3.68. The molecule has 1 aromatic rings. The zero-order chi connectivity index (χ0) is 12.2. The third-order valence-electron chi connectivity index (χ3n) is 2.21. The van der Waals surface area contributed by atoms with Crippen LogP contribution in [0.4, 0.5) is 5.69 Å². The van der Waals surface area contributed by atoms with Crippen molar-refractivity contribution in [2.24, 2.45) is 0 Å². The molecule has 0 aromatic heterocycles. The zero-order valence-electron chi connectivity index (χ0n) is 9.53. The van der Waals surface area contributed by atoms with Crippen molar-refractivity contribution in [2.45, 2.75) is 26.7 Å². The molecule has 0 aliphatic heterocycles. The second-order valence-corrected chi connectivity index (χ2v) is 5.47. The molecule has 5 heteroatoms. The number of hydrogen-bond donors (Lipinski definition) is 2. The van der Waals surface area contributed by atoms with Gasteiger partial charge in [0.25, 0.3) is 0 Å². The van der Waals surface area contributed by atoms with Crippen LogP contribution >= 0.6 is 0 Å². The fraction of sp³-hybridized carbons (Fsp3) is 0.455. The molecule has 0 fully saturated rings. The van der Waals surface area contributed by atoms with Crippen LogP contribution in [0.25, 0.3) is 0 Å². The van der Waals surface area contributed by atoms with Crippen molar-refractivity contribution in [1.82, 2.24) is 0 Å². The first-order chi connectivity index (χ1) is 7.48. The highest BCUT2D eigenvalue weighted by Crippen LogP contribution is 2.25. The van der Waals surface area contributed by atoms with Crippen LogP contribution in [0.1, 0.15) is 25.8 Å². The molecule has 0 aliphatic rings. The van der Waals surface area contributed by atoms with E-state index in [0.29, 0.717) is 6.42 Å². The van der Waals surface area contributed by atoms with Gasteiger partial charge < -0.3 is 5.11 Å². The first-order valence-electron chi connectivity index (χ1n) is 5.31. The van der Waals surface area contributed by atoms with E-state index in [1.807, 2.05) is 6.92 Å². The van der Waals surface area contributed by atoms with Gasteiger partial charge in [0.1, 0.15) is 5.75 Å². The number of hydrogen-bond acceptors (Lipinski definition) is 3. The van der Waals surface area contributed by atoms with Crippen molar-refractivity contribution >= 4 is 15.7 Å². The summed E-state index contributed by atoms with van der Waals surface area (Å²) in [4.78, 5) is 0. The summed E-state index contributed by atoms with van der Waals surface area (Å²) in [6, 6.07) is 4.93. The van der Waals surface area contributed by atoms with Crippen molar-refractivity contribution < 1.29 is 13.5 Å². The van der Waals surface area contributed by atoms with Gasteiger partial charge in [-0.1, -0.05) is 19.9 Å². The molecule has 1 aromatic carbocycles. The molecule has 1 rings (SSSR count). The van der Waals surface area contributed by atoms with Crippen molar-refractivity contribution in [2.75, 3.05) is 10.5 Å². The summed E-state index contributed by atoms with van der Waals surface area (Å²) in [6.07, 6.45) is 1.34. The Kier molecular flexibility index (Phi) is 4.18. The van der Waals surface area contributed by atoms with E-state index in [2.05, 4.69) is 4.72 Å². The van der Waals surface area contributed by atoms with Gasteiger partial charge in [0.15, 0.2) is 0 Å². The highest BCUT2D eigenvalue weighted by atomic mass is 32.2. The van der Waals surface area contributed by atoms with Crippen LogP contribution in [-0.4, -0.2) is 19.3 Å². The lowest BCUT2D eigenvalue weighted by atomic mass is 10.1. The van der Waals surface area contributed by atoms with E-state index in [9.17, 15) is 13.5 Å². The second-order valence-electron chi connectivity index (χ2n) is 3.63. The summed E-state index contributed by atoms with van der Waals surface area (Å²) in [5.74, 6) is 0.0138. The van der Waals surface area contributed by atoms with Crippen LogP contribution in [0.3, 0.4) is 0 Å². The predicted octanol–water partition coefficient (Wildman–Crippen LogP) is 2.11. The summed E-state index contributed by atoms with van der Waals surface area (Å²) in [5.41, 5.74) is 1.24. The minimum absolute atomic E-state index is 0.0446. The minimum Gasteiger partial charge on any atom is -0.506 e. The van der Waals surface area contributed by atoms with Gasteiger partial charge in [-0.25, -0.2) is 8.42 Å². The van der Waals surface area contributed by atoms with Gasteiger partial charge >= 0.3 is 0 Å². The molecule has 0 spiro atoms. The van der Waals surface area contributed by atoms with Crippen LogP contribution < -0.4 is 4.72 Å².